The summed E-state index contributed by atoms with van der Waals surface area (Å²) in [6.45, 7) is 7.28. The second-order valence-corrected chi connectivity index (χ2v) is 6.54. The van der Waals surface area contributed by atoms with E-state index in [0.29, 0.717) is 18.1 Å². The van der Waals surface area contributed by atoms with Crippen molar-refractivity contribution in [3.63, 3.8) is 0 Å². The number of hydrogen-bond acceptors (Lipinski definition) is 4. The van der Waals surface area contributed by atoms with E-state index in [1.165, 1.54) is 39.2 Å². The lowest BCUT2D eigenvalue weighted by molar-refractivity contribution is -0.149. The molecule has 0 spiro atoms. The lowest BCUT2D eigenvalue weighted by Crippen LogP contribution is -2.61. The Labute approximate surface area is 116 Å². The molecule has 0 radical (unpaired) electrons. The summed E-state index contributed by atoms with van der Waals surface area (Å²) in [7, 11) is 1.48. The van der Waals surface area contributed by atoms with E-state index in [0.717, 1.165) is 6.54 Å². The second kappa shape index (κ2) is 5.80. The molecule has 4 nitrogen and oxygen atoms in total. The first-order valence-electron chi connectivity index (χ1n) is 7.58. The van der Waals surface area contributed by atoms with Crippen LogP contribution in [0.4, 0.5) is 0 Å². The fraction of sp³-hybridized carbons (Fsp3) is 0.933. The van der Waals surface area contributed by atoms with Crippen molar-refractivity contribution in [3.8, 4) is 0 Å². The Morgan fingerprint density at radius 2 is 1.84 bits per heavy atom. The van der Waals surface area contributed by atoms with E-state index in [1.807, 2.05) is 6.92 Å². The smallest absolute Gasteiger partial charge is 0.327 e. The zero-order valence-corrected chi connectivity index (χ0v) is 12.7. The highest BCUT2D eigenvalue weighted by molar-refractivity contribution is 5.80. The molecule has 1 aliphatic carbocycles. The van der Waals surface area contributed by atoms with Crippen LogP contribution >= 0.6 is 0 Å². The van der Waals surface area contributed by atoms with Crippen molar-refractivity contribution in [2.45, 2.75) is 76.5 Å². The van der Waals surface area contributed by atoms with E-state index in [4.69, 9.17) is 4.74 Å². The van der Waals surface area contributed by atoms with Crippen molar-refractivity contribution in [1.82, 2.24) is 10.2 Å². The minimum absolute atomic E-state index is 0.135. The van der Waals surface area contributed by atoms with Crippen LogP contribution in [0.3, 0.4) is 0 Å². The standard InChI is InChI=1S/C15H28N2O2/c1-11-6-5-7-12(2)17(11)10-15(3,14(18)19-4)16-13-8-9-13/h11-13,16H,5-10H2,1-4H3/t11-,12+,15?. The van der Waals surface area contributed by atoms with Gasteiger partial charge in [0.05, 0.1) is 7.11 Å². The zero-order chi connectivity index (χ0) is 14.0. The number of carbonyl (C=O) groups excluding carboxylic acids is 1. The number of nitrogens with zero attached hydrogens (tertiary/aromatic N) is 1. The molecule has 110 valence electrons. The predicted octanol–water partition coefficient (Wildman–Crippen LogP) is 1.93. The molecule has 0 aromatic heterocycles. The van der Waals surface area contributed by atoms with Gasteiger partial charge in [0.25, 0.3) is 0 Å². The summed E-state index contributed by atoms with van der Waals surface area (Å²) in [5.41, 5.74) is -0.574. The number of nitrogens with one attached hydrogen (secondary N) is 1. The summed E-state index contributed by atoms with van der Waals surface area (Å²) in [5, 5.41) is 3.49. The van der Waals surface area contributed by atoms with Gasteiger partial charge in [0, 0.05) is 24.7 Å². The van der Waals surface area contributed by atoms with E-state index in [9.17, 15) is 4.79 Å². The molecule has 2 aliphatic rings. The second-order valence-electron chi connectivity index (χ2n) is 6.54. The maximum atomic E-state index is 12.2. The maximum absolute atomic E-state index is 12.2. The van der Waals surface area contributed by atoms with Gasteiger partial charge in [0.2, 0.25) is 0 Å². The number of ether oxygens (including phenoxy) is 1. The van der Waals surface area contributed by atoms with Crippen molar-refractivity contribution < 1.29 is 9.53 Å². The van der Waals surface area contributed by atoms with Crippen LogP contribution in [-0.4, -0.2) is 48.2 Å². The summed E-state index contributed by atoms with van der Waals surface area (Å²) < 4.78 is 5.03. The first-order chi connectivity index (χ1) is 8.96. The van der Waals surface area contributed by atoms with Crippen LogP contribution < -0.4 is 5.32 Å². The van der Waals surface area contributed by atoms with Gasteiger partial charge in [-0.2, -0.15) is 0 Å². The number of likely N-dealkylation sites (tertiary alicyclic amines) is 1. The van der Waals surface area contributed by atoms with Crippen molar-refractivity contribution in [2.75, 3.05) is 13.7 Å². The van der Waals surface area contributed by atoms with Crippen molar-refractivity contribution >= 4 is 5.97 Å². The molecule has 2 rings (SSSR count). The van der Waals surface area contributed by atoms with Gasteiger partial charge in [0.15, 0.2) is 0 Å². The van der Waals surface area contributed by atoms with Gasteiger partial charge in [-0.05, 0) is 46.5 Å². The third-order valence-electron chi connectivity index (χ3n) is 4.61. The summed E-state index contributed by atoms with van der Waals surface area (Å²) >= 11 is 0. The Bertz CT molecular complexity index is 320. The molecule has 1 N–H and O–H groups in total. The van der Waals surface area contributed by atoms with E-state index < -0.39 is 5.54 Å². The highest BCUT2D eigenvalue weighted by atomic mass is 16.5. The molecule has 19 heavy (non-hydrogen) atoms. The maximum Gasteiger partial charge on any atom is 0.327 e. The SMILES string of the molecule is COC(=O)C(C)(CN1[C@H](C)CCC[C@@H]1C)NC1CC1. The van der Waals surface area contributed by atoms with Crippen LogP contribution in [0.1, 0.15) is 52.9 Å². The van der Waals surface area contributed by atoms with E-state index in [2.05, 4.69) is 24.1 Å². The molecule has 1 saturated heterocycles. The number of piperidine rings is 1. The number of hydrogen-bond donors (Lipinski definition) is 1. The Balaban J connectivity index is 2.07. The molecule has 1 unspecified atom stereocenters. The Kier molecular flexibility index (Phi) is 4.51. The first kappa shape index (κ1) is 14.8. The number of carbonyl (C=O) groups is 1. The molecule has 3 atom stereocenters. The molecular weight excluding hydrogens is 240 g/mol. The summed E-state index contributed by atoms with van der Waals surface area (Å²) in [4.78, 5) is 14.6. The third-order valence-corrected chi connectivity index (χ3v) is 4.61. The van der Waals surface area contributed by atoms with Crippen molar-refractivity contribution in [3.05, 3.63) is 0 Å². The number of rotatable bonds is 5. The van der Waals surface area contributed by atoms with Crippen LogP contribution in [0, 0.1) is 0 Å². The highest BCUT2D eigenvalue weighted by Gasteiger charge is 2.42. The highest BCUT2D eigenvalue weighted by Crippen LogP contribution is 2.28. The van der Waals surface area contributed by atoms with E-state index >= 15 is 0 Å². The van der Waals surface area contributed by atoms with Crippen molar-refractivity contribution in [2.24, 2.45) is 0 Å². The van der Waals surface area contributed by atoms with E-state index in [1.54, 1.807) is 0 Å². The zero-order valence-electron chi connectivity index (χ0n) is 12.7. The first-order valence-corrected chi connectivity index (χ1v) is 7.58. The predicted molar refractivity (Wildman–Crippen MR) is 76.1 cm³/mol. The minimum atomic E-state index is -0.574. The van der Waals surface area contributed by atoms with Gasteiger partial charge in [-0.1, -0.05) is 6.42 Å². The summed E-state index contributed by atoms with van der Waals surface area (Å²) in [6.07, 6.45) is 6.11. The lowest BCUT2D eigenvalue weighted by atomic mass is 9.93. The molecule has 0 aromatic carbocycles. The molecule has 0 aromatic rings. The monoisotopic (exact) mass is 268 g/mol. The molecule has 1 aliphatic heterocycles. The van der Waals surface area contributed by atoms with Crippen LogP contribution in [0.2, 0.25) is 0 Å². The molecule has 1 heterocycles. The van der Waals surface area contributed by atoms with Crippen LogP contribution in [0.5, 0.6) is 0 Å². The largest absolute Gasteiger partial charge is 0.468 e. The van der Waals surface area contributed by atoms with E-state index in [-0.39, 0.29) is 5.97 Å². The lowest BCUT2D eigenvalue weighted by Gasteiger charge is -2.43. The fourth-order valence-corrected chi connectivity index (χ4v) is 3.22. The minimum Gasteiger partial charge on any atom is -0.468 e. The number of methoxy groups -OCH3 is 1. The van der Waals surface area contributed by atoms with Crippen LogP contribution in [0.25, 0.3) is 0 Å². The Hall–Kier alpha value is -0.610. The van der Waals surface area contributed by atoms with Gasteiger partial charge in [-0.15, -0.1) is 0 Å². The average Bonchev–Trinajstić information content (AvgIpc) is 3.17. The Morgan fingerprint density at radius 3 is 2.32 bits per heavy atom. The average molecular weight is 268 g/mol. The van der Waals surface area contributed by atoms with Gasteiger partial charge >= 0.3 is 5.97 Å². The fourth-order valence-electron chi connectivity index (χ4n) is 3.22. The Morgan fingerprint density at radius 1 is 1.26 bits per heavy atom. The summed E-state index contributed by atoms with van der Waals surface area (Å²) in [5.74, 6) is -0.135. The normalized spacial score (nSPS) is 31.8. The van der Waals surface area contributed by atoms with Gasteiger partial charge < -0.3 is 4.74 Å². The molecule has 0 bridgehead atoms. The van der Waals surface area contributed by atoms with Crippen LogP contribution in [-0.2, 0) is 9.53 Å². The van der Waals surface area contributed by atoms with Gasteiger partial charge in [-0.25, -0.2) is 0 Å². The molecule has 1 saturated carbocycles. The van der Waals surface area contributed by atoms with Crippen molar-refractivity contribution in [1.29, 1.82) is 0 Å². The molecule has 2 fully saturated rings. The molecular formula is C15H28N2O2. The third kappa shape index (κ3) is 3.48. The quantitative estimate of drug-likeness (QED) is 0.774. The van der Waals surface area contributed by atoms with Crippen LogP contribution in [0.15, 0.2) is 0 Å². The molecule has 4 heteroatoms. The van der Waals surface area contributed by atoms with Gasteiger partial charge in [0.1, 0.15) is 5.54 Å². The van der Waals surface area contributed by atoms with Gasteiger partial charge in [-0.3, -0.25) is 15.0 Å². The molecule has 0 amide bonds. The number of esters is 1. The summed E-state index contributed by atoms with van der Waals surface area (Å²) in [6, 6.07) is 1.60. The topological polar surface area (TPSA) is 41.6 Å².